The van der Waals surface area contributed by atoms with E-state index in [4.69, 9.17) is 61.1 Å². The maximum absolute atomic E-state index is 11.4. The molecule has 2 aliphatic rings. The molecule has 2 unspecified atom stereocenters. The molecule has 2 fully saturated rings. The summed E-state index contributed by atoms with van der Waals surface area (Å²) in [5, 5.41) is 18.9. The van der Waals surface area contributed by atoms with Crippen molar-refractivity contribution < 1.29 is 24.4 Å². The molecule has 0 saturated carbocycles. The first-order chi connectivity index (χ1) is 23.4. The Balaban J connectivity index is 0.000000180. The van der Waals surface area contributed by atoms with Crippen LogP contribution in [0.3, 0.4) is 0 Å². The highest BCUT2D eigenvalue weighted by Gasteiger charge is 2.30. The average Bonchev–Trinajstić information content (AvgIpc) is 3.77. The molecule has 6 N–H and O–H groups in total. The van der Waals surface area contributed by atoms with Crippen molar-refractivity contribution in [2.45, 2.75) is 19.8 Å². The Morgan fingerprint density at radius 2 is 1.24 bits per heavy atom. The highest BCUT2D eigenvalue weighted by molar-refractivity contribution is 6.58. The van der Waals surface area contributed by atoms with Crippen LogP contribution in [0.15, 0.2) is 73.3 Å². The zero-order valence-corrected chi connectivity index (χ0v) is 29.4. The third-order valence-electron chi connectivity index (χ3n) is 8.29. The van der Waals surface area contributed by atoms with Crippen molar-refractivity contribution in [1.29, 1.82) is 0 Å². The number of anilines is 2. The molecule has 6 rings (SSSR count). The lowest BCUT2D eigenvalue weighted by Crippen LogP contribution is -2.29. The summed E-state index contributed by atoms with van der Waals surface area (Å²) in [6.07, 6.45) is 7.99. The number of benzene rings is 2. The van der Waals surface area contributed by atoms with Gasteiger partial charge in [0.15, 0.2) is 0 Å². The van der Waals surface area contributed by atoms with Crippen LogP contribution in [-0.4, -0.2) is 72.2 Å². The lowest BCUT2D eigenvalue weighted by molar-refractivity contribution is -0.121. The minimum atomic E-state index is -1.35. The van der Waals surface area contributed by atoms with Crippen molar-refractivity contribution in [2.75, 3.05) is 43.1 Å². The Bertz CT molecular complexity index is 1710. The molecule has 4 aromatic rings. The maximum Gasteiger partial charge on any atom is 0.488 e. The summed E-state index contributed by atoms with van der Waals surface area (Å²) in [5.41, 5.74) is 15.9. The number of hydrogen-bond acceptors (Lipinski definition) is 9. The van der Waals surface area contributed by atoms with Crippen molar-refractivity contribution in [1.82, 2.24) is 9.97 Å². The van der Waals surface area contributed by atoms with Gasteiger partial charge < -0.3 is 36.1 Å². The van der Waals surface area contributed by atoms with E-state index in [9.17, 15) is 9.59 Å². The van der Waals surface area contributed by atoms with Crippen molar-refractivity contribution in [3.63, 3.8) is 0 Å². The van der Waals surface area contributed by atoms with E-state index in [-0.39, 0.29) is 23.7 Å². The van der Waals surface area contributed by atoms with E-state index in [1.54, 1.807) is 44.0 Å². The number of primary amides is 2. The van der Waals surface area contributed by atoms with Gasteiger partial charge in [0.05, 0.1) is 45.4 Å². The van der Waals surface area contributed by atoms with Crippen molar-refractivity contribution in [3.8, 4) is 16.9 Å². The molecule has 2 saturated heterocycles. The second-order valence-corrected chi connectivity index (χ2v) is 12.9. The fraction of sp³-hybridized carbons (Fsp3) is 0.294. The molecular weight excluding hydrogens is 690 g/mol. The fourth-order valence-corrected chi connectivity index (χ4v) is 6.45. The molecule has 2 aromatic carbocycles. The first-order valence-electron chi connectivity index (χ1n) is 15.5. The Morgan fingerprint density at radius 1 is 0.776 bits per heavy atom. The Kier molecular flexibility index (Phi) is 13.5. The number of halogens is 3. The molecule has 2 aliphatic heterocycles. The lowest BCUT2D eigenvalue weighted by Gasteiger charge is -2.23. The predicted octanol–water partition coefficient (Wildman–Crippen LogP) is 4.10. The smallest absolute Gasteiger partial charge is 0.488 e. The van der Waals surface area contributed by atoms with Crippen LogP contribution in [0.25, 0.3) is 11.1 Å². The minimum Gasteiger partial charge on any atom is -0.497 e. The van der Waals surface area contributed by atoms with Gasteiger partial charge in [-0.15, -0.1) is 0 Å². The Hall–Kier alpha value is -4.07. The number of nitrogens with zero attached hydrogens (tertiary/aromatic N) is 4. The predicted molar refractivity (Wildman–Crippen MR) is 196 cm³/mol. The minimum absolute atomic E-state index is 0.125. The monoisotopic (exact) mass is 726 g/mol. The Morgan fingerprint density at radius 3 is 1.69 bits per heavy atom. The van der Waals surface area contributed by atoms with E-state index < -0.39 is 7.12 Å². The van der Waals surface area contributed by atoms with Gasteiger partial charge in [0.1, 0.15) is 5.75 Å². The standard InChI is InChI=1S/C17H18ClN3O2.C10H11Cl2N3O.C7H9BO2/c1-23-13-4-2-11(3-5-13)14-8-20-9-15(18)16(14)21-7-6-12(10-21)17(19)22;11-7-3-14-4-8(12)9(7)15-2-1-6(5-15)10(13)16;1-6-2-4-7(5-3-6)8(9)10/h2-5,8-9,12H,6-7,10H2,1H3,(H2,19,22);3-4,6H,1-2,5H2,(H2,13,16);2-5,9-10H,1H3. The maximum atomic E-state index is 11.4. The number of nitrogens with two attached hydrogens (primary N) is 2. The largest absolute Gasteiger partial charge is 0.497 e. The van der Waals surface area contributed by atoms with Crippen LogP contribution in [0.5, 0.6) is 5.75 Å². The van der Waals surface area contributed by atoms with E-state index in [0.29, 0.717) is 33.6 Å². The number of hydrogen-bond donors (Lipinski definition) is 4. The molecule has 0 aliphatic carbocycles. The van der Waals surface area contributed by atoms with Gasteiger partial charge in [0, 0.05) is 56.5 Å². The van der Waals surface area contributed by atoms with Gasteiger partial charge in [-0.05, 0) is 42.9 Å². The van der Waals surface area contributed by atoms with Crippen LogP contribution in [0, 0.1) is 18.8 Å². The third-order valence-corrected chi connectivity index (χ3v) is 9.12. The molecule has 0 radical (unpaired) electrons. The highest BCUT2D eigenvalue weighted by atomic mass is 35.5. The van der Waals surface area contributed by atoms with Crippen molar-refractivity contribution >= 4 is 70.6 Å². The van der Waals surface area contributed by atoms with Crippen LogP contribution in [0.1, 0.15) is 18.4 Å². The quantitative estimate of drug-likeness (QED) is 0.205. The fourth-order valence-electron chi connectivity index (χ4n) is 5.57. The first kappa shape index (κ1) is 37.7. The normalized spacial score (nSPS) is 16.6. The zero-order valence-electron chi connectivity index (χ0n) is 27.1. The second-order valence-electron chi connectivity index (χ2n) is 11.7. The molecule has 2 aromatic heterocycles. The molecule has 49 heavy (non-hydrogen) atoms. The first-order valence-corrected chi connectivity index (χ1v) is 16.6. The van der Waals surface area contributed by atoms with Gasteiger partial charge in [0.2, 0.25) is 11.8 Å². The van der Waals surface area contributed by atoms with Gasteiger partial charge in [-0.2, -0.15) is 0 Å². The summed E-state index contributed by atoms with van der Waals surface area (Å²) in [5.74, 6) is -0.00372. The molecule has 0 bridgehead atoms. The van der Waals surface area contributed by atoms with Crippen LogP contribution in [-0.2, 0) is 9.59 Å². The lowest BCUT2D eigenvalue weighted by atomic mass is 9.80. The van der Waals surface area contributed by atoms with Gasteiger partial charge in [0.25, 0.3) is 0 Å². The third kappa shape index (κ3) is 9.99. The van der Waals surface area contributed by atoms with E-state index in [1.807, 2.05) is 48.2 Å². The molecular formula is C34H38BCl3N6O5. The molecule has 4 heterocycles. The number of methoxy groups -OCH3 is 1. The van der Waals surface area contributed by atoms with E-state index in [2.05, 4.69) is 14.9 Å². The summed E-state index contributed by atoms with van der Waals surface area (Å²) in [6.45, 7) is 4.59. The zero-order chi connectivity index (χ0) is 35.7. The van der Waals surface area contributed by atoms with Crippen LogP contribution >= 0.6 is 34.8 Å². The Labute approximate surface area is 300 Å². The number of aromatic nitrogens is 2. The van der Waals surface area contributed by atoms with Gasteiger partial charge in [-0.3, -0.25) is 19.6 Å². The number of carbonyl (C=O) groups is 2. The summed E-state index contributed by atoms with van der Waals surface area (Å²) in [6, 6.07) is 14.8. The summed E-state index contributed by atoms with van der Waals surface area (Å²) < 4.78 is 5.20. The van der Waals surface area contributed by atoms with E-state index in [1.165, 1.54) is 0 Å². The van der Waals surface area contributed by atoms with Crippen molar-refractivity contribution in [2.24, 2.45) is 23.3 Å². The molecule has 2 atom stereocenters. The summed E-state index contributed by atoms with van der Waals surface area (Å²) >= 11 is 18.5. The summed E-state index contributed by atoms with van der Waals surface area (Å²) in [7, 11) is 0.288. The molecule has 258 valence electrons. The number of aryl methyl sites for hydroxylation is 1. The van der Waals surface area contributed by atoms with E-state index in [0.717, 1.165) is 59.7 Å². The van der Waals surface area contributed by atoms with Crippen LogP contribution in [0.4, 0.5) is 11.4 Å². The molecule has 11 nitrogen and oxygen atoms in total. The van der Waals surface area contributed by atoms with Crippen LogP contribution in [0.2, 0.25) is 15.1 Å². The summed E-state index contributed by atoms with van der Waals surface area (Å²) in [4.78, 5) is 34.7. The molecule has 15 heteroatoms. The molecule has 0 spiro atoms. The highest BCUT2D eigenvalue weighted by Crippen LogP contribution is 2.39. The number of carbonyl (C=O) groups excluding carboxylic acids is 2. The SMILES string of the molecule is COc1ccc(-c2cncc(Cl)c2N2CCC(C(N)=O)C2)cc1.Cc1ccc(B(O)O)cc1.NC(=O)C1CCN(c2c(Cl)cncc2Cl)C1. The van der Waals surface area contributed by atoms with Gasteiger partial charge in [-0.1, -0.05) is 76.8 Å². The van der Waals surface area contributed by atoms with Crippen molar-refractivity contribution in [3.05, 3.63) is 93.9 Å². The van der Waals surface area contributed by atoms with E-state index >= 15 is 0 Å². The van der Waals surface area contributed by atoms with Crippen LogP contribution < -0.4 is 31.5 Å². The average molecular weight is 728 g/mol. The number of pyridine rings is 2. The second kappa shape index (κ2) is 17.5. The number of ether oxygens (including phenoxy) is 1. The number of amides is 2. The molecule has 2 amide bonds. The number of rotatable bonds is 7. The van der Waals surface area contributed by atoms with Gasteiger partial charge in [-0.25, -0.2) is 0 Å². The van der Waals surface area contributed by atoms with Gasteiger partial charge >= 0.3 is 7.12 Å². The topological polar surface area (TPSA) is 168 Å².